The fourth-order valence-corrected chi connectivity index (χ4v) is 2.40. The van der Waals surface area contributed by atoms with E-state index in [9.17, 15) is 9.59 Å². The molecule has 0 saturated heterocycles. The van der Waals surface area contributed by atoms with E-state index in [1.54, 1.807) is 48.5 Å². The third-order valence-electron chi connectivity index (χ3n) is 3.81. The summed E-state index contributed by atoms with van der Waals surface area (Å²) in [4.78, 5) is 29.7. The van der Waals surface area contributed by atoms with Crippen LogP contribution in [0.5, 0.6) is 0 Å². The van der Waals surface area contributed by atoms with E-state index in [4.69, 9.17) is 4.84 Å². The van der Waals surface area contributed by atoms with E-state index in [1.807, 2.05) is 12.1 Å². The highest BCUT2D eigenvalue weighted by atomic mass is 16.7. The Bertz CT molecular complexity index is 708. The number of carbonyl (C=O) groups is 2. The Morgan fingerprint density at radius 1 is 0.840 bits per heavy atom. The van der Waals surface area contributed by atoms with Crippen LogP contribution in [0.2, 0.25) is 0 Å². The van der Waals surface area contributed by atoms with Crippen molar-refractivity contribution in [3.8, 4) is 0 Å². The van der Waals surface area contributed by atoms with Crippen molar-refractivity contribution >= 4 is 17.5 Å². The van der Waals surface area contributed by atoms with Crippen molar-refractivity contribution in [2.24, 2.45) is 5.16 Å². The predicted octanol–water partition coefficient (Wildman–Crippen LogP) is 5.05. The molecular formula is C21H23NO3. The molecule has 25 heavy (non-hydrogen) atoms. The Balaban J connectivity index is 2.10. The third kappa shape index (κ3) is 5.99. The molecule has 0 fully saturated rings. The van der Waals surface area contributed by atoms with Gasteiger partial charge in [0.1, 0.15) is 5.71 Å². The second-order valence-electron chi connectivity index (χ2n) is 5.79. The molecule has 4 heteroatoms. The van der Waals surface area contributed by atoms with Crippen molar-refractivity contribution in [1.82, 2.24) is 0 Å². The minimum atomic E-state index is -0.562. The molecule has 0 aromatic heterocycles. The first-order valence-electron chi connectivity index (χ1n) is 8.65. The van der Waals surface area contributed by atoms with Crippen LogP contribution in [-0.4, -0.2) is 17.5 Å². The van der Waals surface area contributed by atoms with Crippen molar-refractivity contribution in [2.75, 3.05) is 0 Å². The lowest BCUT2D eigenvalue weighted by molar-refractivity contribution is 0.0514. The number of nitrogens with zero attached hydrogens (tertiary/aromatic N) is 1. The summed E-state index contributed by atoms with van der Waals surface area (Å²) in [5.74, 6) is -0.759. The third-order valence-corrected chi connectivity index (χ3v) is 3.81. The highest BCUT2D eigenvalue weighted by molar-refractivity contribution is 6.45. The average molecular weight is 337 g/mol. The minimum absolute atomic E-state index is 0.196. The molecule has 0 spiro atoms. The SMILES string of the molecule is CCCCCC/C(=N\OC(=O)c1ccccc1)C(=O)c1ccccc1. The van der Waals surface area contributed by atoms with Crippen LogP contribution in [0.1, 0.15) is 59.7 Å². The number of unbranched alkanes of at least 4 members (excludes halogenated alkanes) is 3. The van der Waals surface area contributed by atoms with Gasteiger partial charge in [-0.25, -0.2) is 4.79 Å². The Morgan fingerprint density at radius 3 is 2.04 bits per heavy atom. The summed E-state index contributed by atoms with van der Waals surface area (Å²) in [5, 5.41) is 3.89. The van der Waals surface area contributed by atoms with Gasteiger partial charge in [0.05, 0.1) is 5.56 Å². The van der Waals surface area contributed by atoms with Gasteiger partial charge < -0.3 is 4.84 Å². The predicted molar refractivity (Wildman–Crippen MR) is 98.8 cm³/mol. The topological polar surface area (TPSA) is 55.7 Å². The van der Waals surface area contributed by atoms with Crippen molar-refractivity contribution in [3.05, 3.63) is 71.8 Å². The van der Waals surface area contributed by atoms with Crippen molar-refractivity contribution < 1.29 is 14.4 Å². The summed E-state index contributed by atoms with van der Waals surface area (Å²) in [6.45, 7) is 2.13. The Hall–Kier alpha value is -2.75. The van der Waals surface area contributed by atoms with Crippen molar-refractivity contribution in [1.29, 1.82) is 0 Å². The molecule has 0 heterocycles. The lowest BCUT2D eigenvalue weighted by Crippen LogP contribution is -2.16. The maximum Gasteiger partial charge on any atom is 0.365 e. The van der Waals surface area contributed by atoms with Gasteiger partial charge in [0, 0.05) is 5.56 Å². The highest BCUT2D eigenvalue weighted by Crippen LogP contribution is 2.10. The van der Waals surface area contributed by atoms with E-state index in [0.717, 1.165) is 25.7 Å². The van der Waals surface area contributed by atoms with Gasteiger partial charge in [-0.1, -0.05) is 79.9 Å². The standard InChI is InChI=1S/C21H23NO3/c1-2-3-4-11-16-19(20(23)17-12-7-5-8-13-17)22-25-21(24)18-14-9-6-10-15-18/h5-10,12-15H,2-4,11,16H2,1H3/b22-19+. The van der Waals surface area contributed by atoms with Gasteiger partial charge in [0.25, 0.3) is 0 Å². The second kappa shape index (κ2) is 10.2. The first-order valence-corrected chi connectivity index (χ1v) is 8.65. The largest absolute Gasteiger partial charge is 0.365 e. The first kappa shape index (κ1) is 18.6. The number of benzene rings is 2. The number of rotatable bonds is 9. The smallest absolute Gasteiger partial charge is 0.312 e. The van der Waals surface area contributed by atoms with Crippen LogP contribution in [0, 0.1) is 0 Å². The van der Waals surface area contributed by atoms with Gasteiger partial charge >= 0.3 is 5.97 Å². The average Bonchev–Trinajstić information content (AvgIpc) is 2.68. The van der Waals surface area contributed by atoms with Crippen LogP contribution in [0.3, 0.4) is 0 Å². The summed E-state index contributed by atoms with van der Waals surface area (Å²) in [6, 6.07) is 17.6. The lowest BCUT2D eigenvalue weighted by Gasteiger charge is -2.06. The molecule has 0 atom stereocenters. The number of Topliss-reactive ketones (excluding diaryl/α,β-unsaturated/α-hetero) is 1. The minimum Gasteiger partial charge on any atom is -0.312 e. The number of oxime groups is 1. The molecule has 0 bridgehead atoms. The van der Waals surface area contributed by atoms with E-state index < -0.39 is 5.97 Å². The fourth-order valence-electron chi connectivity index (χ4n) is 2.40. The van der Waals surface area contributed by atoms with Gasteiger partial charge in [0.2, 0.25) is 5.78 Å². The summed E-state index contributed by atoms with van der Waals surface area (Å²) < 4.78 is 0. The van der Waals surface area contributed by atoms with Crippen LogP contribution in [0.25, 0.3) is 0 Å². The molecule has 0 amide bonds. The Kier molecular flexibility index (Phi) is 7.57. The second-order valence-corrected chi connectivity index (χ2v) is 5.79. The van der Waals surface area contributed by atoms with Gasteiger partial charge in [-0.2, -0.15) is 0 Å². The molecule has 0 saturated carbocycles. The van der Waals surface area contributed by atoms with Crippen LogP contribution in [0.15, 0.2) is 65.8 Å². The molecule has 0 aliphatic heterocycles. The Morgan fingerprint density at radius 2 is 1.44 bits per heavy atom. The summed E-state index contributed by atoms with van der Waals surface area (Å²) in [7, 11) is 0. The molecule has 0 aliphatic carbocycles. The monoisotopic (exact) mass is 337 g/mol. The molecule has 2 rings (SSSR count). The number of carbonyl (C=O) groups excluding carboxylic acids is 2. The zero-order valence-electron chi connectivity index (χ0n) is 14.5. The lowest BCUT2D eigenvalue weighted by atomic mass is 10.0. The fraction of sp³-hybridized carbons (Fsp3) is 0.286. The highest BCUT2D eigenvalue weighted by Gasteiger charge is 2.16. The normalized spacial score (nSPS) is 11.2. The maximum atomic E-state index is 12.6. The zero-order valence-corrected chi connectivity index (χ0v) is 14.5. The molecule has 0 N–H and O–H groups in total. The summed E-state index contributed by atoms with van der Waals surface area (Å²) in [6.07, 6.45) is 4.58. The van der Waals surface area contributed by atoms with E-state index in [-0.39, 0.29) is 11.5 Å². The zero-order chi connectivity index (χ0) is 17.9. The number of ketones is 1. The van der Waals surface area contributed by atoms with Crippen molar-refractivity contribution in [3.63, 3.8) is 0 Å². The molecule has 4 nitrogen and oxygen atoms in total. The van der Waals surface area contributed by atoms with E-state index in [0.29, 0.717) is 17.5 Å². The van der Waals surface area contributed by atoms with Crippen LogP contribution in [0.4, 0.5) is 0 Å². The van der Waals surface area contributed by atoms with Crippen LogP contribution < -0.4 is 0 Å². The summed E-state index contributed by atoms with van der Waals surface area (Å²) >= 11 is 0. The summed E-state index contributed by atoms with van der Waals surface area (Å²) in [5.41, 5.74) is 1.24. The van der Waals surface area contributed by atoms with Gasteiger partial charge in [-0.15, -0.1) is 0 Å². The van der Waals surface area contributed by atoms with Gasteiger partial charge in [-0.05, 0) is 25.0 Å². The molecule has 2 aromatic rings. The quantitative estimate of drug-likeness (QED) is 0.211. The van der Waals surface area contributed by atoms with Crippen LogP contribution in [-0.2, 0) is 4.84 Å². The molecule has 130 valence electrons. The molecule has 0 unspecified atom stereocenters. The number of hydrogen-bond acceptors (Lipinski definition) is 4. The van der Waals surface area contributed by atoms with E-state index >= 15 is 0 Å². The number of hydrogen-bond donors (Lipinski definition) is 0. The van der Waals surface area contributed by atoms with E-state index in [1.165, 1.54) is 0 Å². The maximum absolute atomic E-state index is 12.6. The van der Waals surface area contributed by atoms with Gasteiger partial charge in [0.15, 0.2) is 0 Å². The van der Waals surface area contributed by atoms with Crippen molar-refractivity contribution in [2.45, 2.75) is 39.0 Å². The molecule has 0 radical (unpaired) electrons. The van der Waals surface area contributed by atoms with Crippen LogP contribution >= 0.6 is 0 Å². The van der Waals surface area contributed by atoms with Gasteiger partial charge in [-0.3, -0.25) is 4.79 Å². The first-order chi connectivity index (χ1) is 12.2. The molecule has 0 aliphatic rings. The molecule has 2 aromatic carbocycles. The van der Waals surface area contributed by atoms with E-state index in [2.05, 4.69) is 12.1 Å². The molecular weight excluding hydrogens is 314 g/mol. The Labute approximate surface area is 148 Å².